The molecule has 0 radical (unpaired) electrons. The number of ether oxygens (including phenoxy) is 1. The van der Waals surface area contributed by atoms with E-state index in [9.17, 15) is 19.2 Å². The summed E-state index contributed by atoms with van der Waals surface area (Å²) in [5, 5.41) is 8.30. The van der Waals surface area contributed by atoms with Crippen molar-refractivity contribution in [3.63, 3.8) is 0 Å². The number of nitrogens with one attached hydrogen (secondary N) is 3. The molecule has 242 valence electrons. The number of carbonyl (C=O) groups excluding carboxylic acids is 4. The van der Waals surface area contributed by atoms with Gasteiger partial charge < -0.3 is 15.0 Å². The predicted molar refractivity (Wildman–Crippen MR) is 176 cm³/mol. The molecule has 1 atom stereocenters. The normalized spacial score (nSPS) is 18.1. The Morgan fingerprint density at radius 2 is 1.80 bits per heavy atom. The van der Waals surface area contributed by atoms with Crippen molar-refractivity contribution in [1.29, 1.82) is 0 Å². The lowest BCUT2D eigenvalue weighted by Gasteiger charge is -2.29. The molecule has 2 aromatic heterocycles. The van der Waals surface area contributed by atoms with E-state index in [4.69, 9.17) is 4.74 Å². The molecule has 2 aliphatic carbocycles. The van der Waals surface area contributed by atoms with Crippen LogP contribution in [0.1, 0.15) is 105 Å². The van der Waals surface area contributed by atoms with Crippen molar-refractivity contribution >= 4 is 51.1 Å². The fourth-order valence-corrected chi connectivity index (χ4v) is 5.95. The molecule has 3 aromatic rings. The number of anilines is 1. The number of imide groups is 1. The molecule has 45 heavy (non-hydrogen) atoms. The van der Waals surface area contributed by atoms with Crippen LogP contribution >= 0.6 is 11.3 Å². The molecular weight excluding hydrogens is 592 g/mol. The topological polar surface area (TPSA) is 143 Å². The number of aryl methyl sites for hydroxylation is 1. The van der Waals surface area contributed by atoms with Crippen molar-refractivity contribution in [3.05, 3.63) is 46.1 Å². The van der Waals surface area contributed by atoms with E-state index in [-0.39, 0.29) is 24.8 Å². The van der Waals surface area contributed by atoms with Crippen molar-refractivity contribution in [1.82, 2.24) is 25.5 Å². The number of urea groups is 1. The highest BCUT2D eigenvalue weighted by molar-refractivity contribution is 7.18. The van der Waals surface area contributed by atoms with E-state index in [1.165, 1.54) is 66.8 Å². The van der Waals surface area contributed by atoms with Crippen molar-refractivity contribution in [2.45, 2.75) is 97.6 Å². The van der Waals surface area contributed by atoms with E-state index in [1.807, 2.05) is 20.8 Å². The minimum absolute atomic E-state index is 0.170. The number of aromatic nitrogens is 2. The lowest BCUT2D eigenvalue weighted by Crippen LogP contribution is -2.52. The van der Waals surface area contributed by atoms with Crippen LogP contribution in [0.2, 0.25) is 0 Å². The maximum Gasteiger partial charge on any atom is 0.320 e. The fraction of sp³-hybridized carbons (Fsp3) is 0.515. The van der Waals surface area contributed by atoms with Gasteiger partial charge in [0.05, 0.1) is 34.1 Å². The molecule has 2 saturated carbocycles. The molecule has 12 heteroatoms. The Labute approximate surface area is 268 Å². The fourth-order valence-electron chi connectivity index (χ4n) is 5.06. The van der Waals surface area contributed by atoms with Crippen LogP contribution in [0.15, 0.2) is 24.3 Å². The molecule has 1 unspecified atom stereocenters. The summed E-state index contributed by atoms with van der Waals surface area (Å²) in [6.07, 6.45) is 9.03. The van der Waals surface area contributed by atoms with Crippen molar-refractivity contribution in [2.75, 3.05) is 19.0 Å². The number of rotatable bonds is 5. The Hall–Kier alpha value is -4.06. The van der Waals surface area contributed by atoms with Gasteiger partial charge >= 0.3 is 6.03 Å². The second-order valence-corrected chi connectivity index (χ2v) is 12.2. The molecule has 1 aromatic carbocycles. The summed E-state index contributed by atoms with van der Waals surface area (Å²) >= 11 is 1.77. The zero-order chi connectivity index (χ0) is 32.5. The van der Waals surface area contributed by atoms with E-state index in [0.29, 0.717) is 30.1 Å². The number of piperidine rings is 1. The highest BCUT2D eigenvalue weighted by Gasteiger charge is 2.39. The Morgan fingerprint density at radius 1 is 1.07 bits per heavy atom. The van der Waals surface area contributed by atoms with E-state index in [0.717, 1.165) is 22.2 Å². The number of nitrogens with zero attached hydrogens (tertiary/aromatic N) is 3. The molecule has 4 aliphatic rings. The first-order chi connectivity index (χ1) is 21.8. The van der Waals surface area contributed by atoms with Gasteiger partial charge in [-0.05, 0) is 68.9 Å². The van der Waals surface area contributed by atoms with E-state index in [1.54, 1.807) is 17.4 Å². The van der Waals surface area contributed by atoms with E-state index in [2.05, 4.69) is 45.0 Å². The summed E-state index contributed by atoms with van der Waals surface area (Å²) in [6.45, 7) is 8.97. The number of fused-ring (bicyclic) bond motifs is 2. The Balaban J connectivity index is 0.000000183. The SMILES string of the molecule is C1CC1.CC.CCOc1cc(C2CCC2)cc2sc(C)nc12.CNC(=O)Nc1ccc2c(n1)CN(C1CCC(=O)NC1=O)C2=O. The second kappa shape index (κ2) is 15.8. The number of benzene rings is 1. The first-order valence-electron chi connectivity index (χ1n) is 15.9. The lowest BCUT2D eigenvalue weighted by atomic mass is 9.80. The lowest BCUT2D eigenvalue weighted by molar-refractivity contribution is -0.136. The Kier molecular flexibility index (Phi) is 11.9. The number of pyridine rings is 1. The molecule has 3 N–H and O–H groups in total. The average molecular weight is 637 g/mol. The Bertz CT molecular complexity index is 1530. The highest BCUT2D eigenvalue weighted by Crippen LogP contribution is 2.41. The van der Waals surface area contributed by atoms with E-state index < -0.39 is 18.0 Å². The molecule has 5 amide bonds. The monoisotopic (exact) mass is 636 g/mol. The van der Waals surface area contributed by atoms with Gasteiger partial charge in [0.25, 0.3) is 5.91 Å². The molecule has 1 saturated heterocycles. The Morgan fingerprint density at radius 3 is 2.40 bits per heavy atom. The number of carbonyl (C=O) groups is 4. The molecule has 3 fully saturated rings. The minimum atomic E-state index is -0.676. The number of amides is 5. The van der Waals surface area contributed by atoms with Crippen LogP contribution in [0, 0.1) is 6.92 Å². The molecule has 0 spiro atoms. The maximum absolute atomic E-state index is 12.4. The first-order valence-corrected chi connectivity index (χ1v) is 16.8. The van der Waals surface area contributed by atoms with Crippen molar-refractivity contribution in [2.24, 2.45) is 0 Å². The first kappa shape index (κ1) is 33.8. The standard InChI is InChI=1S/C14H15N5O4.C14H17NOS.C3H6.C2H6/c1-15-14(23)17-10-4-2-7-8(16-10)6-19(13(7)22)9-3-5-11(20)18-12(9)21;1-3-16-12-7-11(10-5-4-6-10)8-13-14(12)15-9(2)17-13;1-2-3-1;1-2/h2,4,9H,3,5-6H2,1H3,(H,18,20,21)(H2,15,16,17,23);7-8,10H,3-6H2,1-2H3;1-3H2;1-2H3. The predicted octanol–water partition coefficient (Wildman–Crippen LogP) is 6.06. The maximum atomic E-state index is 12.4. The van der Waals surface area contributed by atoms with Crippen LogP contribution in [-0.4, -0.2) is 58.3 Å². The third-order valence-corrected chi connectivity index (χ3v) is 8.58. The van der Waals surface area contributed by atoms with Crippen molar-refractivity contribution in [3.8, 4) is 5.75 Å². The van der Waals surface area contributed by atoms with Gasteiger partial charge in [-0.1, -0.05) is 39.5 Å². The molecule has 4 heterocycles. The molecular formula is C33H44N6O5S. The highest BCUT2D eigenvalue weighted by atomic mass is 32.1. The van der Waals surface area contributed by atoms with Crippen LogP contribution in [0.4, 0.5) is 10.6 Å². The largest absolute Gasteiger partial charge is 0.492 e. The zero-order valence-electron chi connectivity index (χ0n) is 26.8. The van der Waals surface area contributed by atoms with Crippen LogP contribution < -0.4 is 20.7 Å². The average Bonchev–Trinajstić information content (AvgIpc) is 3.78. The summed E-state index contributed by atoms with van der Waals surface area (Å²) in [4.78, 5) is 57.1. The van der Waals surface area contributed by atoms with Gasteiger partial charge in [-0.2, -0.15) is 0 Å². The van der Waals surface area contributed by atoms with Gasteiger partial charge in [0.15, 0.2) is 0 Å². The molecule has 7 rings (SSSR count). The summed E-state index contributed by atoms with van der Waals surface area (Å²) in [5.41, 5.74) is 3.37. The number of hydrogen-bond acceptors (Lipinski definition) is 8. The van der Waals surface area contributed by atoms with Gasteiger partial charge in [-0.15, -0.1) is 11.3 Å². The van der Waals surface area contributed by atoms with Crippen LogP contribution in [-0.2, 0) is 16.1 Å². The summed E-state index contributed by atoms with van der Waals surface area (Å²) in [6, 6.07) is 6.52. The smallest absolute Gasteiger partial charge is 0.320 e. The number of thiazole rings is 1. The molecule has 11 nitrogen and oxygen atoms in total. The van der Waals surface area contributed by atoms with Gasteiger partial charge in [-0.25, -0.2) is 14.8 Å². The van der Waals surface area contributed by atoms with Crippen LogP contribution in [0.5, 0.6) is 5.75 Å². The zero-order valence-corrected chi connectivity index (χ0v) is 27.6. The van der Waals surface area contributed by atoms with E-state index >= 15 is 0 Å². The summed E-state index contributed by atoms with van der Waals surface area (Å²) in [5.74, 6) is 0.948. The number of hydrogen-bond donors (Lipinski definition) is 3. The van der Waals surface area contributed by atoms with Gasteiger partial charge in [0.1, 0.15) is 23.1 Å². The molecule has 0 bridgehead atoms. The van der Waals surface area contributed by atoms with Gasteiger partial charge in [0.2, 0.25) is 11.8 Å². The second-order valence-electron chi connectivity index (χ2n) is 11.0. The molecule has 2 aliphatic heterocycles. The third-order valence-electron chi connectivity index (χ3n) is 7.66. The van der Waals surface area contributed by atoms with Gasteiger partial charge in [-0.3, -0.25) is 25.0 Å². The van der Waals surface area contributed by atoms with Crippen molar-refractivity contribution < 1.29 is 23.9 Å². The third kappa shape index (κ3) is 8.56. The van der Waals surface area contributed by atoms with Crippen LogP contribution in [0.3, 0.4) is 0 Å². The summed E-state index contributed by atoms with van der Waals surface area (Å²) < 4.78 is 7.01. The summed E-state index contributed by atoms with van der Waals surface area (Å²) in [7, 11) is 1.48. The van der Waals surface area contributed by atoms with Gasteiger partial charge in [0, 0.05) is 13.5 Å². The quantitative estimate of drug-likeness (QED) is 0.289. The minimum Gasteiger partial charge on any atom is -0.492 e. The van der Waals surface area contributed by atoms with Crippen LogP contribution in [0.25, 0.3) is 10.2 Å².